The van der Waals surface area contributed by atoms with Crippen molar-refractivity contribution < 1.29 is 27.4 Å². The normalized spacial score (nSPS) is 15.3. The highest BCUT2D eigenvalue weighted by molar-refractivity contribution is 7.89. The molecule has 10 nitrogen and oxygen atoms in total. The largest absolute Gasteiger partial charge is 0.378 e. The van der Waals surface area contributed by atoms with E-state index in [2.05, 4.69) is 27.2 Å². The van der Waals surface area contributed by atoms with Gasteiger partial charge in [-0.15, -0.1) is 0 Å². The van der Waals surface area contributed by atoms with E-state index in [9.17, 15) is 13.2 Å². The lowest BCUT2D eigenvalue weighted by Gasteiger charge is -2.33. The zero-order valence-corrected chi connectivity index (χ0v) is 27.3. The van der Waals surface area contributed by atoms with Crippen molar-refractivity contribution in [2.24, 2.45) is 0 Å². The van der Waals surface area contributed by atoms with E-state index in [1.807, 2.05) is 19.2 Å². The molecule has 3 N–H and O–H groups in total. The quantitative estimate of drug-likeness (QED) is 0.192. The fourth-order valence-corrected chi connectivity index (χ4v) is 6.42. The van der Waals surface area contributed by atoms with Crippen LogP contribution in [0.1, 0.15) is 48.8 Å². The Morgan fingerprint density at radius 1 is 0.930 bits per heavy atom. The minimum absolute atomic E-state index is 0.0582. The number of benzene rings is 2. The number of rotatable bonds is 19. The molecule has 13 heteroatoms. The second-order valence-electron chi connectivity index (χ2n) is 10.4. The fourth-order valence-electron chi connectivity index (χ4n) is 4.78. The standard InChI is InChI=1S/C30H44Cl2N4O6S/c1-3-4-5-9-33-30(37)34-10-12-40-14-16-42-17-15-41-13-11-35-43(38,39)25-8-6-7-23(18-25)27-21-36(2)22-28-26(27)19-24(31)20-29(28)32/h6-8,18-20,27,35H,3-5,9-17,21-22H2,1-2H3,(H2,33,34,37)/t27-/m0/s1. The van der Waals surface area contributed by atoms with Gasteiger partial charge in [0.25, 0.3) is 0 Å². The molecule has 0 saturated carbocycles. The van der Waals surface area contributed by atoms with Gasteiger partial charge in [0.15, 0.2) is 0 Å². The topological polar surface area (TPSA) is 118 Å². The zero-order valence-electron chi connectivity index (χ0n) is 25.0. The summed E-state index contributed by atoms with van der Waals surface area (Å²) < 4.78 is 45.0. The highest BCUT2D eigenvalue weighted by Crippen LogP contribution is 2.38. The summed E-state index contributed by atoms with van der Waals surface area (Å²) >= 11 is 12.8. The van der Waals surface area contributed by atoms with Crippen molar-refractivity contribution in [2.45, 2.75) is 43.5 Å². The number of nitrogens with one attached hydrogen (secondary N) is 3. The van der Waals surface area contributed by atoms with Gasteiger partial charge in [-0.25, -0.2) is 17.9 Å². The minimum atomic E-state index is -3.73. The van der Waals surface area contributed by atoms with E-state index in [0.29, 0.717) is 62.7 Å². The van der Waals surface area contributed by atoms with Crippen LogP contribution in [0.25, 0.3) is 0 Å². The second-order valence-corrected chi connectivity index (χ2v) is 13.0. The molecular formula is C30H44Cl2N4O6S. The average Bonchev–Trinajstić information content (AvgIpc) is 2.98. The predicted molar refractivity (Wildman–Crippen MR) is 170 cm³/mol. The number of likely N-dealkylation sites (N-methyl/N-ethyl adjacent to an activating group) is 1. The monoisotopic (exact) mass is 658 g/mol. The summed E-state index contributed by atoms with van der Waals surface area (Å²) in [5.74, 6) is -0.0582. The number of fused-ring (bicyclic) bond motifs is 1. The number of carbonyl (C=O) groups is 1. The van der Waals surface area contributed by atoms with Crippen molar-refractivity contribution in [3.05, 3.63) is 63.1 Å². The summed E-state index contributed by atoms with van der Waals surface area (Å²) in [7, 11) is -1.71. The summed E-state index contributed by atoms with van der Waals surface area (Å²) in [5.41, 5.74) is 2.91. The Bertz CT molecular complexity index is 1270. The number of hydrogen-bond donors (Lipinski definition) is 3. The van der Waals surface area contributed by atoms with Crippen LogP contribution in [-0.2, 0) is 30.8 Å². The smallest absolute Gasteiger partial charge is 0.314 e. The Hall–Kier alpha value is -1.96. The Labute approximate surface area is 265 Å². The van der Waals surface area contributed by atoms with Crippen LogP contribution in [0.2, 0.25) is 10.0 Å². The molecule has 43 heavy (non-hydrogen) atoms. The molecule has 0 aliphatic carbocycles. The molecule has 0 spiro atoms. The van der Waals surface area contributed by atoms with Gasteiger partial charge in [-0.05, 0) is 54.4 Å². The van der Waals surface area contributed by atoms with E-state index in [1.165, 1.54) is 0 Å². The highest BCUT2D eigenvalue weighted by Gasteiger charge is 2.28. The number of amides is 2. The summed E-state index contributed by atoms with van der Waals surface area (Å²) in [6.07, 6.45) is 3.20. The summed E-state index contributed by atoms with van der Waals surface area (Å²) in [4.78, 5) is 13.9. The van der Waals surface area contributed by atoms with E-state index in [4.69, 9.17) is 37.4 Å². The van der Waals surface area contributed by atoms with Crippen LogP contribution in [0.5, 0.6) is 0 Å². The summed E-state index contributed by atoms with van der Waals surface area (Å²) in [6, 6.07) is 10.5. The first-order valence-corrected chi connectivity index (χ1v) is 17.0. The van der Waals surface area contributed by atoms with E-state index in [0.717, 1.165) is 42.5 Å². The first kappa shape index (κ1) is 35.5. The maximum absolute atomic E-state index is 13.0. The van der Waals surface area contributed by atoms with Crippen molar-refractivity contribution in [1.29, 1.82) is 0 Å². The maximum Gasteiger partial charge on any atom is 0.314 e. The van der Waals surface area contributed by atoms with Gasteiger partial charge in [-0.2, -0.15) is 0 Å². The van der Waals surface area contributed by atoms with Crippen molar-refractivity contribution >= 4 is 39.3 Å². The van der Waals surface area contributed by atoms with E-state index in [1.54, 1.807) is 24.3 Å². The van der Waals surface area contributed by atoms with Crippen molar-refractivity contribution in [1.82, 2.24) is 20.3 Å². The van der Waals surface area contributed by atoms with Crippen LogP contribution in [0, 0.1) is 0 Å². The van der Waals surface area contributed by atoms with Gasteiger partial charge in [0.2, 0.25) is 10.0 Å². The Balaban J connectivity index is 1.30. The van der Waals surface area contributed by atoms with Gasteiger partial charge < -0.3 is 29.7 Å². The molecule has 2 amide bonds. The van der Waals surface area contributed by atoms with Crippen molar-refractivity contribution in [3.8, 4) is 0 Å². The van der Waals surface area contributed by atoms with Gasteiger partial charge in [-0.3, -0.25) is 0 Å². The van der Waals surface area contributed by atoms with Crippen LogP contribution < -0.4 is 15.4 Å². The van der Waals surface area contributed by atoms with Gasteiger partial charge in [0.1, 0.15) is 0 Å². The summed E-state index contributed by atoms with van der Waals surface area (Å²) in [6.45, 7) is 6.90. The third kappa shape index (κ3) is 12.2. The Kier molecular flexibility index (Phi) is 15.5. The number of sulfonamides is 1. The molecule has 3 rings (SSSR count). The number of ether oxygens (including phenoxy) is 3. The molecular weight excluding hydrogens is 615 g/mol. The van der Waals surface area contributed by atoms with Gasteiger partial charge >= 0.3 is 6.03 Å². The molecule has 2 aromatic carbocycles. The second kappa shape index (κ2) is 18.8. The van der Waals surface area contributed by atoms with Crippen LogP contribution in [-0.4, -0.2) is 92.2 Å². The average molecular weight is 660 g/mol. The van der Waals surface area contributed by atoms with E-state index < -0.39 is 10.0 Å². The first-order chi connectivity index (χ1) is 20.7. The number of nitrogens with zero attached hydrogens (tertiary/aromatic N) is 1. The molecule has 0 saturated heterocycles. The Morgan fingerprint density at radius 3 is 2.33 bits per heavy atom. The minimum Gasteiger partial charge on any atom is -0.378 e. The van der Waals surface area contributed by atoms with Gasteiger partial charge in [0.05, 0.1) is 44.5 Å². The van der Waals surface area contributed by atoms with Gasteiger partial charge in [0, 0.05) is 48.7 Å². The summed E-state index contributed by atoms with van der Waals surface area (Å²) in [5, 5.41) is 6.73. The van der Waals surface area contributed by atoms with Crippen molar-refractivity contribution in [3.63, 3.8) is 0 Å². The molecule has 2 aromatic rings. The number of halogens is 2. The number of unbranched alkanes of at least 4 members (excludes halogenated alkanes) is 2. The molecule has 1 aliphatic heterocycles. The molecule has 0 aromatic heterocycles. The van der Waals surface area contributed by atoms with Crippen LogP contribution in [0.15, 0.2) is 41.3 Å². The number of hydrogen-bond acceptors (Lipinski definition) is 7. The molecule has 1 heterocycles. The van der Waals surface area contributed by atoms with Crippen LogP contribution in [0.3, 0.4) is 0 Å². The fraction of sp³-hybridized carbons (Fsp3) is 0.567. The zero-order chi connectivity index (χ0) is 31.1. The van der Waals surface area contributed by atoms with Gasteiger partial charge in [-0.1, -0.05) is 55.1 Å². The molecule has 0 bridgehead atoms. The highest BCUT2D eigenvalue weighted by atomic mass is 35.5. The number of carbonyl (C=O) groups excluding carboxylic acids is 1. The first-order valence-electron chi connectivity index (χ1n) is 14.7. The lowest BCUT2D eigenvalue weighted by Crippen LogP contribution is -2.37. The van der Waals surface area contributed by atoms with Crippen molar-refractivity contribution in [2.75, 3.05) is 72.9 Å². The maximum atomic E-state index is 13.0. The number of urea groups is 1. The lowest BCUT2D eigenvalue weighted by atomic mass is 9.85. The van der Waals surface area contributed by atoms with E-state index >= 15 is 0 Å². The lowest BCUT2D eigenvalue weighted by molar-refractivity contribution is 0.0165. The third-order valence-corrected chi connectivity index (χ3v) is 8.96. The Morgan fingerprint density at radius 2 is 1.60 bits per heavy atom. The molecule has 1 atom stereocenters. The third-order valence-electron chi connectivity index (χ3n) is 6.94. The van der Waals surface area contributed by atoms with E-state index in [-0.39, 0.29) is 30.0 Å². The predicted octanol–water partition coefficient (Wildman–Crippen LogP) is 4.39. The van der Waals surface area contributed by atoms with Crippen LogP contribution in [0.4, 0.5) is 4.79 Å². The molecule has 0 unspecified atom stereocenters. The molecule has 0 fully saturated rings. The molecule has 0 radical (unpaired) electrons. The SMILES string of the molecule is CCCCCNC(=O)NCCOCCOCCOCCNS(=O)(=O)c1cccc([C@@H]2CN(C)Cc3c(Cl)cc(Cl)cc32)c1. The molecule has 240 valence electrons. The van der Waals surface area contributed by atoms with Crippen LogP contribution >= 0.6 is 23.2 Å². The molecule has 1 aliphatic rings.